The number of hydrogen-bond donors (Lipinski definition) is 2. The molecule has 2 rings (SSSR count). The topological polar surface area (TPSA) is 67.0 Å². The summed E-state index contributed by atoms with van der Waals surface area (Å²) >= 11 is 5.84. The van der Waals surface area contributed by atoms with Crippen molar-refractivity contribution < 1.29 is 9.53 Å². The number of rotatable bonds is 5. The van der Waals surface area contributed by atoms with Crippen molar-refractivity contribution in [3.63, 3.8) is 0 Å². The van der Waals surface area contributed by atoms with E-state index in [1.54, 1.807) is 19.2 Å². The lowest BCUT2D eigenvalue weighted by molar-refractivity contribution is 0.0938. The van der Waals surface area contributed by atoms with Gasteiger partial charge in [0.2, 0.25) is 0 Å². The summed E-state index contributed by atoms with van der Waals surface area (Å²) in [7, 11) is 1.59. The van der Waals surface area contributed by atoms with Crippen molar-refractivity contribution in [2.45, 2.75) is 0 Å². The van der Waals surface area contributed by atoms with Crippen LogP contribution in [-0.4, -0.2) is 36.4 Å². The maximum atomic E-state index is 12.0. The highest BCUT2D eigenvalue weighted by molar-refractivity contribution is 6.30. The molecule has 0 spiro atoms. The Kier molecular flexibility index (Phi) is 4.54. The van der Waals surface area contributed by atoms with Crippen LogP contribution in [0.1, 0.15) is 10.4 Å². The van der Waals surface area contributed by atoms with Crippen molar-refractivity contribution in [3.8, 4) is 11.3 Å². The monoisotopic (exact) mass is 279 g/mol. The molecule has 6 heteroatoms. The van der Waals surface area contributed by atoms with E-state index in [0.717, 1.165) is 5.56 Å². The molecule has 1 aromatic heterocycles. The lowest BCUT2D eigenvalue weighted by Crippen LogP contribution is -2.27. The highest BCUT2D eigenvalue weighted by atomic mass is 35.5. The zero-order valence-electron chi connectivity index (χ0n) is 10.4. The second kappa shape index (κ2) is 6.36. The Labute approximate surface area is 115 Å². The first-order valence-electron chi connectivity index (χ1n) is 5.79. The number of ether oxygens (including phenoxy) is 1. The van der Waals surface area contributed by atoms with Crippen LogP contribution in [0.15, 0.2) is 30.5 Å². The average Bonchev–Trinajstić information content (AvgIpc) is 2.89. The van der Waals surface area contributed by atoms with Crippen LogP contribution < -0.4 is 5.32 Å². The highest BCUT2D eigenvalue weighted by Gasteiger charge is 2.14. The van der Waals surface area contributed by atoms with Crippen LogP contribution in [0, 0.1) is 0 Å². The largest absolute Gasteiger partial charge is 0.383 e. The Morgan fingerprint density at radius 1 is 1.42 bits per heavy atom. The maximum Gasteiger partial charge on any atom is 0.255 e. The lowest BCUT2D eigenvalue weighted by Gasteiger charge is -2.05. The van der Waals surface area contributed by atoms with Gasteiger partial charge in [0, 0.05) is 24.2 Å². The molecule has 0 saturated carbocycles. The van der Waals surface area contributed by atoms with E-state index in [-0.39, 0.29) is 5.91 Å². The van der Waals surface area contributed by atoms with Crippen molar-refractivity contribution in [2.75, 3.05) is 20.3 Å². The summed E-state index contributed by atoms with van der Waals surface area (Å²) in [4.78, 5) is 12.0. The third kappa shape index (κ3) is 3.33. The van der Waals surface area contributed by atoms with E-state index in [9.17, 15) is 4.79 Å². The number of amides is 1. The van der Waals surface area contributed by atoms with E-state index in [4.69, 9.17) is 16.3 Å². The van der Waals surface area contributed by atoms with E-state index < -0.39 is 0 Å². The number of nitrogens with one attached hydrogen (secondary N) is 2. The van der Waals surface area contributed by atoms with Crippen molar-refractivity contribution >= 4 is 17.5 Å². The molecular formula is C13H14ClN3O2. The number of carbonyl (C=O) groups is 1. The Morgan fingerprint density at radius 3 is 2.84 bits per heavy atom. The van der Waals surface area contributed by atoms with Gasteiger partial charge >= 0.3 is 0 Å². The number of methoxy groups -OCH3 is 1. The Morgan fingerprint density at radius 2 is 2.16 bits per heavy atom. The number of H-pyrrole nitrogens is 1. The molecule has 0 aliphatic heterocycles. The fraction of sp³-hybridized carbons (Fsp3) is 0.231. The molecule has 2 N–H and O–H groups in total. The number of aromatic amines is 1. The third-order valence-corrected chi connectivity index (χ3v) is 2.86. The second-order valence-corrected chi connectivity index (χ2v) is 4.35. The average molecular weight is 280 g/mol. The fourth-order valence-electron chi connectivity index (χ4n) is 1.66. The minimum absolute atomic E-state index is 0.184. The Balaban J connectivity index is 2.17. The highest BCUT2D eigenvalue weighted by Crippen LogP contribution is 2.22. The predicted octanol–water partition coefficient (Wildman–Crippen LogP) is 2.11. The zero-order valence-corrected chi connectivity index (χ0v) is 11.2. The van der Waals surface area contributed by atoms with Gasteiger partial charge in [-0.25, -0.2) is 0 Å². The van der Waals surface area contributed by atoms with Gasteiger partial charge in [0.25, 0.3) is 5.91 Å². The molecule has 1 aromatic carbocycles. The van der Waals surface area contributed by atoms with E-state index >= 15 is 0 Å². The molecule has 0 saturated heterocycles. The van der Waals surface area contributed by atoms with Crippen molar-refractivity contribution in [2.24, 2.45) is 0 Å². The van der Waals surface area contributed by atoms with Gasteiger partial charge in [-0.2, -0.15) is 5.10 Å². The van der Waals surface area contributed by atoms with Crippen LogP contribution in [0.2, 0.25) is 5.02 Å². The van der Waals surface area contributed by atoms with Crippen LogP contribution >= 0.6 is 11.6 Å². The van der Waals surface area contributed by atoms with E-state index in [2.05, 4.69) is 15.5 Å². The summed E-state index contributed by atoms with van der Waals surface area (Å²) < 4.78 is 4.88. The maximum absolute atomic E-state index is 12.0. The SMILES string of the molecule is COCCNC(=O)c1cn[nH]c1-c1ccc(Cl)cc1. The summed E-state index contributed by atoms with van der Waals surface area (Å²) in [5, 5.41) is 10.2. The van der Waals surface area contributed by atoms with E-state index in [0.29, 0.717) is 29.4 Å². The zero-order chi connectivity index (χ0) is 13.7. The molecule has 0 atom stereocenters. The van der Waals surface area contributed by atoms with Crippen LogP contribution in [-0.2, 0) is 4.74 Å². The van der Waals surface area contributed by atoms with Crippen molar-refractivity contribution in [1.82, 2.24) is 15.5 Å². The number of carbonyl (C=O) groups excluding carboxylic acids is 1. The first-order valence-corrected chi connectivity index (χ1v) is 6.16. The Hall–Kier alpha value is -1.85. The molecule has 0 radical (unpaired) electrons. The predicted molar refractivity (Wildman–Crippen MR) is 73.2 cm³/mol. The van der Waals surface area contributed by atoms with Gasteiger partial charge in [-0.05, 0) is 12.1 Å². The molecule has 100 valence electrons. The summed E-state index contributed by atoms with van der Waals surface area (Å²) in [6.45, 7) is 0.931. The molecular weight excluding hydrogens is 266 g/mol. The standard InChI is InChI=1S/C13H14ClN3O2/c1-19-7-6-15-13(18)11-8-16-17-12(11)9-2-4-10(14)5-3-9/h2-5,8H,6-7H2,1H3,(H,15,18)(H,16,17). The molecule has 5 nitrogen and oxygen atoms in total. The van der Waals surface area contributed by atoms with Gasteiger partial charge in [-0.3, -0.25) is 9.89 Å². The van der Waals surface area contributed by atoms with Gasteiger partial charge in [-0.15, -0.1) is 0 Å². The molecule has 1 amide bonds. The minimum Gasteiger partial charge on any atom is -0.383 e. The van der Waals surface area contributed by atoms with Gasteiger partial charge < -0.3 is 10.1 Å². The fourth-order valence-corrected chi connectivity index (χ4v) is 1.78. The van der Waals surface area contributed by atoms with Crippen LogP contribution in [0.4, 0.5) is 0 Å². The molecule has 0 bridgehead atoms. The summed E-state index contributed by atoms with van der Waals surface area (Å²) in [5.41, 5.74) is 2.03. The van der Waals surface area contributed by atoms with E-state index in [1.807, 2.05) is 12.1 Å². The number of hydrogen-bond acceptors (Lipinski definition) is 3. The Bertz CT molecular complexity index is 551. The van der Waals surface area contributed by atoms with Crippen LogP contribution in [0.25, 0.3) is 11.3 Å². The number of aromatic nitrogens is 2. The molecule has 0 unspecified atom stereocenters. The lowest BCUT2D eigenvalue weighted by atomic mass is 10.1. The molecule has 0 aliphatic carbocycles. The van der Waals surface area contributed by atoms with E-state index in [1.165, 1.54) is 6.20 Å². The first-order chi connectivity index (χ1) is 9.22. The minimum atomic E-state index is -0.184. The smallest absolute Gasteiger partial charge is 0.255 e. The first kappa shape index (κ1) is 13.6. The van der Waals surface area contributed by atoms with Crippen LogP contribution in [0.3, 0.4) is 0 Å². The normalized spacial score (nSPS) is 10.4. The van der Waals surface area contributed by atoms with Gasteiger partial charge in [0.1, 0.15) is 0 Å². The molecule has 0 aliphatic rings. The second-order valence-electron chi connectivity index (χ2n) is 3.91. The van der Waals surface area contributed by atoms with Gasteiger partial charge in [0.05, 0.1) is 24.1 Å². The van der Waals surface area contributed by atoms with Crippen LogP contribution in [0.5, 0.6) is 0 Å². The number of nitrogens with zero attached hydrogens (tertiary/aromatic N) is 1. The summed E-state index contributed by atoms with van der Waals surface area (Å²) in [5.74, 6) is -0.184. The molecule has 2 aromatic rings. The van der Waals surface area contributed by atoms with Crippen molar-refractivity contribution in [3.05, 3.63) is 41.0 Å². The molecule has 19 heavy (non-hydrogen) atoms. The summed E-state index contributed by atoms with van der Waals surface area (Å²) in [6, 6.07) is 7.21. The van der Waals surface area contributed by atoms with Gasteiger partial charge in [-0.1, -0.05) is 23.7 Å². The number of halogens is 1. The quantitative estimate of drug-likeness (QED) is 0.824. The third-order valence-electron chi connectivity index (χ3n) is 2.61. The summed E-state index contributed by atoms with van der Waals surface area (Å²) in [6.07, 6.45) is 1.51. The molecule has 1 heterocycles. The molecule has 0 fully saturated rings. The number of benzene rings is 1. The van der Waals surface area contributed by atoms with Gasteiger partial charge in [0.15, 0.2) is 0 Å². The van der Waals surface area contributed by atoms with Crippen molar-refractivity contribution in [1.29, 1.82) is 0 Å².